The van der Waals surface area contributed by atoms with Crippen LogP contribution in [0, 0.1) is 21.8 Å². The molecule has 26 heavy (non-hydrogen) atoms. The summed E-state index contributed by atoms with van der Waals surface area (Å²) in [6.45, 7) is 1.04. The van der Waals surface area contributed by atoms with E-state index in [4.69, 9.17) is 11.6 Å². The summed E-state index contributed by atoms with van der Waals surface area (Å²) >= 11 is 5.71. The number of rotatable bonds is 4. The summed E-state index contributed by atoms with van der Waals surface area (Å²) < 4.78 is 13.8. The van der Waals surface area contributed by atoms with Gasteiger partial charge < -0.3 is 10.2 Å². The predicted molar refractivity (Wildman–Crippen MR) is 98.1 cm³/mol. The van der Waals surface area contributed by atoms with Gasteiger partial charge in [0.15, 0.2) is 0 Å². The molecule has 0 spiro atoms. The van der Waals surface area contributed by atoms with Gasteiger partial charge in [-0.25, -0.2) is 4.39 Å². The van der Waals surface area contributed by atoms with Crippen molar-refractivity contribution in [1.82, 2.24) is 0 Å². The highest BCUT2D eigenvalue weighted by molar-refractivity contribution is 6.30. The van der Waals surface area contributed by atoms with Crippen molar-refractivity contribution in [3.63, 3.8) is 0 Å². The second kappa shape index (κ2) is 7.70. The molecule has 2 aromatic carbocycles. The first-order valence-corrected chi connectivity index (χ1v) is 8.58. The van der Waals surface area contributed by atoms with E-state index in [0.29, 0.717) is 31.6 Å². The minimum Gasteiger partial charge on any atom is -0.366 e. The summed E-state index contributed by atoms with van der Waals surface area (Å²) in [5.41, 5.74) is 0.708. The number of carbonyl (C=O) groups excluding carboxylic acids is 1. The quantitative estimate of drug-likeness (QED) is 0.638. The van der Waals surface area contributed by atoms with E-state index in [0.717, 1.165) is 6.07 Å². The van der Waals surface area contributed by atoms with E-state index < -0.39 is 10.7 Å². The number of nitrogens with zero attached hydrogens (tertiary/aromatic N) is 2. The number of piperidine rings is 1. The summed E-state index contributed by atoms with van der Waals surface area (Å²) in [6.07, 6.45) is 1.07. The van der Waals surface area contributed by atoms with E-state index in [1.54, 1.807) is 18.2 Å². The van der Waals surface area contributed by atoms with Crippen molar-refractivity contribution in [3.8, 4) is 0 Å². The Kier molecular flexibility index (Phi) is 5.37. The minimum atomic E-state index is -0.580. The molecule has 1 heterocycles. The van der Waals surface area contributed by atoms with Gasteiger partial charge in [-0.2, -0.15) is 0 Å². The van der Waals surface area contributed by atoms with Gasteiger partial charge in [-0.05, 0) is 37.1 Å². The molecule has 6 nitrogen and oxygen atoms in total. The number of nitro benzene ring substituents is 1. The zero-order chi connectivity index (χ0) is 18.7. The molecule has 0 bridgehead atoms. The molecule has 136 valence electrons. The van der Waals surface area contributed by atoms with Crippen LogP contribution in [0.4, 0.5) is 21.5 Å². The van der Waals surface area contributed by atoms with E-state index in [1.807, 2.05) is 4.90 Å². The number of halogens is 2. The van der Waals surface area contributed by atoms with Crippen LogP contribution in [-0.2, 0) is 4.79 Å². The minimum absolute atomic E-state index is 0.0543. The Bertz CT molecular complexity index is 838. The number of hydrogen-bond donors (Lipinski definition) is 1. The van der Waals surface area contributed by atoms with Gasteiger partial charge in [-0.1, -0.05) is 23.7 Å². The molecule has 0 unspecified atom stereocenters. The second-order valence-electron chi connectivity index (χ2n) is 6.12. The van der Waals surface area contributed by atoms with Crippen LogP contribution in [0.15, 0.2) is 42.5 Å². The number of anilines is 2. The van der Waals surface area contributed by atoms with Crippen molar-refractivity contribution in [2.75, 3.05) is 23.3 Å². The molecule has 0 aromatic heterocycles. The molecule has 1 N–H and O–H groups in total. The maximum Gasteiger partial charge on any atom is 0.292 e. The van der Waals surface area contributed by atoms with E-state index in [1.165, 1.54) is 18.2 Å². The van der Waals surface area contributed by atoms with Crippen LogP contribution >= 0.6 is 11.6 Å². The smallest absolute Gasteiger partial charge is 0.292 e. The van der Waals surface area contributed by atoms with Crippen LogP contribution in [-0.4, -0.2) is 23.9 Å². The zero-order valence-corrected chi connectivity index (χ0v) is 14.6. The lowest BCUT2D eigenvalue weighted by molar-refractivity contribution is -0.384. The monoisotopic (exact) mass is 377 g/mol. The fraction of sp³-hybridized carbons (Fsp3) is 0.278. The Hall–Kier alpha value is -2.67. The standard InChI is InChI=1S/C18H17ClFN3O3/c19-13-5-6-15(14(20)11-13)21-18(24)12-7-9-22(10-8-12)16-3-1-2-4-17(16)23(25)26/h1-6,11-12H,7-10H2,(H,21,24). The summed E-state index contributed by atoms with van der Waals surface area (Å²) in [7, 11) is 0. The average Bonchev–Trinajstić information content (AvgIpc) is 2.64. The van der Waals surface area contributed by atoms with Gasteiger partial charge in [0.1, 0.15) is 11.5 Å². The van der Waals surface area contributed by atoms with Crippen LogP contribution in [0.3, 0.4) is 0 Å². The number of benzene rings is 2. The fourth-order valence-corrected chi connectivity index (χ4v) is 3.25. The van der Waals surface area contributed by atoms with E-state index in [-0.39, 0.29) is 28.2 Å². The molecule has 1 saturated heterocycles. The van der Waals surface area contributed by atoms with Crippen LogP contribution in [0.1, 0.15) is 12.8 Å². The highest BCUT2D eigenvalue weighted by atomic mass is 35.5. The molecule has 1 aliphatic rings. The topological polar surface area (TPSA) is 75.5 Å². The fourth-order valence-electron chi connectivity index (χ4n) is 3.09. The number of para-hydroxylation sites is 2. The van der Waals surface area contributed by atoms with Gasteiger partial charge in [0.25, 0.3) is 5.69 Å². The van der Waals surface area contributed by atoms with Gasteiger partial charge >= 0.3 is 0 Å². The summed E-state index contributed by atoms with van der Waals surface area (Å²) in [4.78, 5) is 25.1. The number of carbonyl (C=O) groups is 1. The maximum atomic E-state index is 13.8. The molecule has 3 rings (SSSR count). The van der Waals surface area contributed by atoms with Gasteiger partial charge in [-0.15, -0.1) is 0 Å². The molecule has 1 amide bonds. The molecule has 1 aliphatic heterocycles. The van der Waals surface area contributed by atoms with Crippen molar-refractivity contribution >= 4 is 34.6 Å². The molecule has 0 atom stereocenters. The number of amides is 1. The van der Waals surface area contributed by atoms with Crippen molar-refractivity contribution in [2.45, 2.75) is 12.8 Å². The van der Waals surface area contributed by atoms with Crippen LogP contribution < -0.4 is 10.2 Å². The van der Waals surface area contributed by atoms with Gasteiger partial charge in [0.2, 0.25) is 5.91 Å². The predicted octanol–water partition coefficient (Wildman–Crippen LogP) is 4.24. The van der Waals surface area contributed by atoms with E-state index >= 15 is 0 Å². The van der Waals surface area contributed by atoms with Crippen LogP contribution in [0.2, 0.25) is 5.02 Å². The largest absolute Gasteiger partial charge is 0.366 e. The molecular formula is C18H17ClFN3O3. The average molecular weight is 378 g/mol. The normalized spacial score (nSPS) is 14.9. The molecule has 0 saturated carbocycles. The number of nitrogens with one attached hydrogen (secondary N) is 1. The van der Waals surface area contributed by atoms with E-state index in [9.17, 15) is 19.3 Å². The number of hydrogen-bond acceptors (Lipinski definition) is 4. The first-order valence-electron chi connectivity index (χ1n) is 8.20. The second-order valence-corrected chi connectivity index (χ2v) is 6.56. The Labute approximate surface area is 154 Å². The van der Waals surface area contributed by atoms with Crippen molar-refractivity contribution in [2.24, 2.45) is 5.92 Å². The summed E-state index contributed by atoms with van der Waals surface area (Å²) in [5, 5.41) is 14.0. The van der Waals surface area contributed by atoms with Crippen molar-refractivity contribution in [3.05, 3.63) is 63.4 Å². The lowest BCUT2D eigenvalue weighted by atomic mass is 9.95. The first-order chi connectivity index (χ1) is 12.5. The third kappa shape index (κ3) is 3.94. The lowest BCUT2D eigenvalue weighted by Crippen LogP contribution is -2.38. The third-order valence-corrected chi connectivity index (χ3v) is 4.71. The highest BCUT2D eigenvalue weighted by Crippen LogP contribution is 2.31. The van der Waals surface area contributed by atoms with Crippen molar-refractivity contribution in [1.29, 1.82) is 0 Å². The maximum absolute atomic E-state index is 13.8. The Balaban J connectivity index is 1.63. The molecule has 0 aliphatic carbocycles. The summed E-state index contributed by atoms with van der Waals surface area (Å²) in [5.74, 6) is -1.11. The summed E-state index contributed by atoms with van der Waals surface area (Å²) in [6, 6.07) is 10.6. The molecular weight excluding hydrogens is 361 g/mol. The van der Waals surface area contributed by atoms with E-state index in [2.05, 4.69) is 5.32 Å². The molecule has 2 aromatic rings. The number of nitro groups is 1. The first kappa shape index (κ1) is 18.1. The zero-order valence-electron chi connectivity index (χ0n) is 13.8. The van der Waals surface area contributed by atoms with Crippen LogP contribution in [0.5, 0.6) is 0 Å². The Morgan fingerprint density at radius 3 is 2.58 bits per heavy atom. The molecule has 0 radical (unpaired) electrons. The Morgan fingerprint density at radius 1 is 1.23 bits per heavy atom. The molecule has 8 heteroatoms. The third-order valence-electron chi connectivity index (χ3n) is 4.47. The van der Waals surface area contributed by atoms with Crippen molar-refractivity contribution < 1.29 is 14.1 Å². The van der Waals surface area contributed by atoms with Gasteiger partial charge in [0, 0.05) is 30.1 Å². The van der Waals surface area contributed by atoms with Gasteiger partial charge in [0.05, 0.1) is 10.6 Å². The SMILES string of the molecule is O=C(Nc1ccc(Cl)cc1F)C1CCN(c2ccccc2[N+](=O)[O-])CC1. The highest BCUT2D eigenvalue weighted by Gasteiger charge is 2.28. The Morgan fingerprint density at radius 2 is 1.92 bits per heavy atom. The van der Waals surface area contributed by atoms with Crippen LogP contribution in [0.25, 0.3) is 0 Å². The van der Waals surface area contributed by atoms with Gasteiger partial charge in [-0.3, -0.25) is 14.9 Å². The lowest BCUT2D eigenvalue weighted by Gasteiger charge is -2.32. The molecule has 1 fully saturated rings.